The number of halogens is 2. The maximum Gasteiger partial charge on any atom is 0.255 e. The van der Waals surface area contributed by atoms with Crippen LogP contribution in [0.15, 0.2) is 23.1 Å². The molecule has 2 aliphatic heterocycles. The first-order valence-corrected chi connectivity index (χ1v) is 18.2. The lowest BCUT2D eigenvalue weighted by Gasteiger charge is -2.54. The van der Waals surface area contributed by atoms with Crippen LogP contribution in [0.1, 0.15) is 68.9 Å². The third-order valence-corrected chi connectivity index (χ3v) is 13.4. The van der Waals surface area contributed by atoms with E-state index in [1.165, 1.54) is 19.3 Å². The van der Waals surface area contributed by atoms with Gasteiger partial charge in [-0.05, 0) is 64.5 Å². The molecule has 7 nitrogen and oxygen atoms in total. The lowest BCUT2D eigenvalue weighted by Crippen LogP contribution is -2.69. The molecule has 3 fully saturated rings. The van der Waals surface area contributed by atoms with Crippen LogP contribution in [0.3, 0.4) is 0 Å². The summed E-state index contributed by atoms with van der Waals surface area (Å²) in [6.07, 6.45) is 5.92. The van der Waals surface area contributed by atoms with Gasteiger partial charge in [0.05, 0.1) is 47.4 Å². The summed E-state index contributed by atoms with van der Waals surface area (Å²) in [6.45, 7) is 9.38. The van der Waals surface area contributed by atoms with E-state index < -0.39 is 25.1 Å². The van der Waals surface area contributed by atoms with Crippen molar-refractivity contribution in [3.63, 3.8) is 0 Å². The highest BCUT2D eigenvalue weighted by molar-refractivity contribution is 7.98. The molecule has 40 heavy (non-hydrogen) atoms. The second kappa shape index (κ2) is 10.3. The van der Waals surface area contributed by atoms with Gasteiger partial charge in [0.2, 0.25) is 0 Å². The number of rotatable bonds is 6. The van der Waals surface area contributed by atoms with Crippen LogP contribution in [-0.4, -0.2) is 64.0 Å². The van der Waals surface area contributed by atoms with Crippen LogP contribution in [0, 0.1) is 18.3 Å². The van der Waals surface area contributed by atoms with Crippen LogP contribution >= 0.6 is 23.2 Å². The van der Waals surface area contributed by atoms with Crippen LogP contribution in [-0.2, 0) is 26.1 Å². The van der Waals surface area contributed by atoms with Crippen LogP contribution in [0.25, 0.3) is 11.3 Å². The van der Waals surface area contributed by atoms with E-state index in [4.69, 9.17) is 23.2 Å². The molecule has 0 bridgehead atoms. The summed E-state index contributed by atoms with van der Waals surface area (Å²) in [5, 5.41) is 0.456. The predicted molar refractivity (Wildman–Crippen MR) is 165 cm³/mol. The van der Waals surface area contributed by atoms with Crippen molar-refractivity contribution in [1.29, 1.82) is 0 Å². The summed E-state index contributed by atoms with van der Waals surface area (Å²) >= 11 is 13.6. The van der Waals surface area contributed by atoms with Gasteiger partial charge in [-0.1, -0.05) is 48.5 Å². The highest BCUT2D eigenvalue weighted by Gasteiger charge is 2.57. The minimum absolute atomic E-state index is 0.0925. The number of likely N-dealkylation sites (tertiary alicyclic amines) is 1. The Morgan fingerprint density at radius 1 is 1.12 bits per heavy atom. The van der Waals surface area contributed by atoms with Crippen LogP contribution in [0.4, 0.5) is 0 Å². The van der Waals surface area contributed by atoms with Gasteiger partial charge in [0.1, 0.15) is 0 Å². The fraction of sp³-hybridized carbons (Fsp3) is 0.586. The minimum Gasteiger partial charge on any atom is -0.344 e. The topological polar surface area (TPSA) is 88.5 Å². The molecule has 1 N–H and O–H groups in total. The lowest BCUT2D eigenvalue weighted by molar-refractivity contribution is 0.0201. The van der Waals surface area contributed by atoms with Crippen LogP contribution in [0.5, 0.6) is 0 Å². The average molecular weight is 629 g/mol. The van der Waals surface area contributed by atoms with E-state index in [2.05, 4.69) is 15.2 Å². The number of benzene rings is 1. The van der Waals surface area contributed by atoms with E-state index >= 15 is 0 Å². The molecule has 220 valence electrons. The minimum atomic E-state index is -2.96. The van der Waals surface area contributed by atoms with Crippen molar-refractivity contribution in [2.75, 3.05) is 24.6 Å². The lowest BCUT2D eigenvalue weighted by atomic mass is 9.82. The molecule has 2 saturated heterocycles. The molecular weight excluding hydrogens is 589 g/mol. The maximum absolute atomic E-state index is 13.6. The van der Waals surface area contributed by atoms with Gasteiger partial charge < -0.3 is 9.47 Å². The van der Waals surface area contributed by atoms with Crippen LogP contribution in [0.2, 0.25) is 10.0 Å². The summed E-state index contributed by atoms with van der Waals surface area (Å²) in [4.78, 5) is 15.7. The van der Waals surface area contributed by atoms with Crippen molar-refractivity contribution in [3.05, 3.63) is 39.5 Å². The molecule has 3 heterocycles. The average Bonchev–Trinajstić information content (AvgIpc) is 3.11. The Morgan fingerprint density at radius 3 is 2.33 bits per heavy atom. The molecule has 1 spiro atoms. The Labute approximate surface area is 248 Å². The molecule has 1 saturated carbocycles. The Kier molecular flexibility index (Phi) is 7.74. The van der Waals surface area contributed by atoms with E-state index in [0.717, 1.165) is 30.8 Å². The number of sulfone groups is 1. The smallest absolute Gasteiger partial charge is 0.255 e. The molecule has 1 unspecified atom stereocenters. The van der Waals surface area contributed by atoms with Crippen molar-refractivity contribution in [2.45, 2.75) is 76.8 Å². The van der Waals surface area contributed by atoms with E-state index in [9.17, 15) is 17.4 Å². The third-order valence-electron chi connectivity index (χ3n) is 8.30. The first-order chi connectivity index (χ1) is 18.5. The van der Waals surface area contributed by atoms with E-state index in [0.29, 0.717) is 35.0 Å². The fourth-order valence-electron chi connectivity index (χ4n) is 6.63. The number of nitrogens with zero attached hydrogens (tertiary/aromatic N) is 2. The summed E-state index contributed by atoms with van der Waals surface area (Å²) in [5.74, 6) is 4.65. The number of amides is 1. The first kappa shape index (κ1) is 30.0. The van der Waals surface area contributed by atoms with Crippen molar-refractivity contribution in [3.8, 4) is 11.3 Å². The van der Waals surface area contributed by atoms with Gasteiger partial charge in [0, 0.05) is 41.8 Å². The highest BCUT2D eigenvalue weighted by Crippen LogP contribution is 2.44. The maximum atomic E-state index is 13.6. The van der Waals surface area contributed by atoms with Gasteiger partial charge in [-0.15, -0.1) is 0 Å². The van der Waals surface area contributed by atoms with Gasteiger partial charge in [-0.2, -0.15) is 0 Å². The highest BCUT2D eigenvalue weighted by atomic mass is 35.5. The van der Waals surface area contributed by atoms with Gasteiger partial charge >= 0.3 is 0 Å². The molecule has 1 amide bonds. The van der Waals surface area contributed by atoms with Crippen molar-refractivity contribution < 1.29 is 17.4 Å². The largest absolute Gasteiger partial charge is 0.344 e. The van der Waals surface area contributed by atoms with Gasteiger partial charge in [-0.3, -0.25) is 4.79 Å². The van der Waals surface area contributed by atoms with Crippen molar-refractivity contribution in [2.24, 2.45) is 11.3 Å². The molecule has 5 rings (SSSR count). The quantitative estimate of drug-likeness (QED) is 0.422. The van der Waals surface area contributed by atoms with Crippen molar-refractivity contribution >= 4 is 54.5 Å². The molecule has 0 radical (unpaired) electrons. The van der Waals surface area contributed by atoms with Gasteiger partial charge in [0.25, 0.3) is 5.91 Å². The summed E-state index contributed by atoms with van der Waals surface area (Å²) < 4.78 is 42.2. The zero-order valence-corrected chi connectivity index (χ0v) is 26.8. The molecule has 1 aliphatic carbocycles. The number of aromatic nitrogens is 1. The van der Waals surface area contributed by atoms with E-state index in [1.54, 1.807) is 11.0 Å². The zero-order chi connectivity index (χ0) is 29.3. The van der Waals surface area contributed by atoms with Crippen LogP contribution < -0.4 is 4.72 Å². The number of hydrogen-bond acceptors (Lipinski definition) is 4. The number of nitrogens with one attached hydrogen (secondary N) is 1. The molecule has 1 atom stereocenters. The third kappa shape index (κ3) is 5.74. The second-order valence-electron chi connectivity index (χ2n) is 13.1. The number of carbonyl (C=O) groups excluding carboxylic acids is 1. The molecular formula is C29H39Cl2N3O4S2. The van der Waals surface area contributed by atoms with Gasteiger partial charge in [-0.25, -0.2) is 17.3 Å². The van der Waals surface area contributed by atoms with E-state index in [-0.39, 0.29) is 32.9 Å². The predicted octanol–water partition coefficient (Wildman–Crippen LogP) is 5.60. The Balaban J connectivity index is 1.51. The SMILES string of the molecule is C=S(=O)(NC(C)(C)C)c1ccc(-c2cc(C(=O)N3CC4(C3)CS(=O)(=O)C4)c(C)n2CC2CCCCC2)c(Cl)c1Cl. The Bertz CT molecular complexity index is 1550. The standard InChI is InChI=1S/C29H39Cl2N3O4S2/c1-19-22(27(35)33-15-29(16-33)17-40(37,38)18-29)13-23(34(19)14-20-9-7-6-8-10-20)21-11-12-24(26(31)25(21)30)39(5,36)32-28(2,3)4/h11-13,20H,5-10,14-18H2,1-4H3,(H,32,36). The van der Waals surface area contributed by atoms with E-state index in [1.807, 2.05) is 39.8 Å². The fourth-order valence-corrected chi connectivity index (χ4v) is 11.4. The molecule has 1 aromatic carbocycles. The Hall–Kier alpha value is -1.52. The van der Waals surface area contributed by atoms with Crippen molar-refractivity contribution in [1.82, 2.24) is 14.2 Å². The molecule has 1 aromatic heterocycles. The summed E-state index contributed by atoms with van der Waals surface area (Å²) in [5.41, 5.74) is 2.20. The number of hydrogen-bond donors (Lipinski definition) is 1. The first-order valence-electron chi connectivity index (χ1n) is 13.9. The second-order valence-corrected chi connectivity index (χ2v) is 17.9. The summed E-state index contributed by atoms with van der Waals surface area (Å²) in [6, 6.07) is 5.41. The monoisotopic (exact) mass is 627 g/mol. The molecule has 2 aromatic rings. The Morgan fingerprint density at radius 2 is 1.75 bits per heavy atom. The zero-order valence-electron chi connectivity index (χ0n) is 23.7. The normalized spacial score (nSPS) is 22.0. The molecule has 3 aliphatic rings. The molecule has 11 heteroatoms. The van der Waals surface area contributed by atoms with Gasteiger partial charge in [0.15, 0.2) is 9.84 Å². The number of carbonyl (C=O) groups is 1. The summed E-state index contributed by atoms with van der Waals surface area (Å²) in [7, 11) is -5.88.